The number of anilines is 1. The van der Waals surface area contributed by atoms with E-state index < -0.39 is 17.7 Å². The highest BCUT2D eigenvalue weighted by Gasteiger charge is 2.29. The lowest BCUT2D eigenvalue weighted by Crippen LogP contribution is -2.51. The van der Waals surface area contributed by atoms with Crippen molar-refractivity contribution < 1.29 is 18.3 Å². The molecule has 1 aliphatic rings. The summed E-state index contributed by atoms with van der Waals surface area (Å²) in [4.78, 5) is 11.9. The van der Waals surface area contributed by atoms with E-state index in [1.54, 1.807) is 0 Å². The summed E-state index contributed by atoms with van der Waals surface area (Å²) < 4.78 is 32.0. The summed E-state index contributed by atoms with van der Waals surface area (Å²) in [6, 6.07) is 1.39. The zero-order valence-corrected chi connectivity index (χ0v) is 12.5. The lowest BCUT2D eigenvalue weighted by Gasteiger charge is -2.34. The maximum Gasteiger partial charge on any atom is 0.319 e. The molecule has 20 heavy (non-hydrogen) atoms. The summed E-state index contributed by atoms with van der Waals surface area (Å²) in [5, 5.41) is 5.19. The zero-order chi connectivity index (χ0) is 14.8. The molecule has 1 aliphatic heterocycles. The number of hydrogen-bond donors (Lipinski definition) is 2. The highest BCUT2D eigenvalue weighted by Crippen LogP contribution is 2.24. The minimum absolute atomic E-state index is 0.0774. The Balaban J connectivity index is 2.03. The van der Waals surface area contributed by atoms with Crippen LogP contribution in [0.4, 0.5) is 19.3 Å². The van der Waals surface area contributed by atoms with Crippen LogP contribution in [-0.2, 0) is 4.74 Å². The van der Waals surface area contributed by atoms with Gasteiger partial charge >= 0.3 is 6.03 Å². The van der Waals surface area contributed by atoms with Crippen LogP contribution in [-0.4, -0.2) is 24.8 Å². The molecule has 0 aromatic heterocycles. The Bertz CT molecular complexity index is 519. The van der Waals surface area contributed by atoms with Crippen molar-refractivity contribution in [1.82, 2.24) is 5.32 Å². The van der Waals surface area contributed by atoms with Gasteiger partial charge in [-0.1, -0.05) is 0 Å². The van der Waals surface area contributed by atoms with Crippen LogP contribution >= 0.6 is 15.9 Å². The second kappa shape index (κ2) is 6.05. The Labute approximate surface area is 124 Å². The molecule has 2 amide bonds. The normalized spacial score (nSPS) is 17.6. The minimum Gasteiger partial charge on any atom is -0.381 e. The van der Waals surface area contributed by atoms with Crippen LogP contribution in [0.3, 0.4) is 0 Å². The number of benzene rings is 1. The number of urea groups is 1. The van der Waals surface area contributed by atoms with E-state index in [9.17, 15) is 13.6 Å². The van der Waals surface area contributed by atoms with Crippen molar-refractivity contribution in [2.45, 2.75) is 25.3 Å². The highest BCUT2D eigenvalue weighted by molar-refractivity contribution is 9.10. The second-order valence-electron chi connectivity index (χ2n) is 5.00. The van der Waals surface area contributed by atoms with E-state index in [-0.39, 0.29) is 15.7 Å². The van der Waals surface area contributed by atoms with Gasteiger partial charge in [-0.05, 0) is 41.8 Å². The van der Waals surface area contributed by atoms with E-state index in [4.69, 9.17) is 4.74 Å². The number of rotatable bonds is 2. The summed E-state index contributed by atoms with van der Waals surface area (Å²) in [6.07, 6.45) is 1.38. The molecule has 0 spiro atoms. The summed E-state index contributed by atoms with van der Waals surface area (Å²) in [5.74, 6) is -1.54. The molecule has 2 rings (SSSR count). The first-order valence-electron chi connectivity index (χ1n) is 6.21. The first-order chi connectivity index (χ1) is 9.39. The summed E-state index contributed by atoms with van der Waals surface area (Å²) in [6.45, 7) is 3.06. The van der Waals surface area contributed by atoms with E-state index in [1.165, 1.54) is 6.07 Å². The molecule has 4 nitrogen and oxygen atoms in total. The molecule has 1 saturated heterocycles. The quantitative estimate of drug-likeness (QED) is 0.804. The molecule has 0 atom stereocenters. The lowest BCUT2D eigenvalue weighted by molar-refractivity contribution is 0.0499. The van der Waals surface area contributed by atoms with Gasteiger partial charge in [-0.2, -0.15) is 0 Å². The first-order valence-corrected chi connectivity index (χ1v) is 7.00. The Morgan fingerprint density at radius 2 is 1.95 bits per heavy atom. The van der Waals surface area contributed by atoms with E-state index in [2.05, 4.69) is 26.6 Å². The van der Waals surface area contributed by atoms with E-state index >= 15 is 0 Å². The largest absolute Gasteiger partial charge is 0.381 e. The van der Waals surface area contributed by atoms with Crippen molar-refractivity contribution in [3.63, 3.8) is 0 Å². The fourth-order valence-electron chi connectivity index (χ4n) is 1.99. The molecule has 7 heteroatoms. The summed E-state index contributed by atoms with van der Waals surface area (Å²) in [5.41, 5.74) is -0.456. The molecule has 1 heterocycles. The van der Waals surface area contributed by atoms with Gasteiger partial charge < -0.3 is 15.4 Å². The number of hydrogen-bond acceptors (Lipinski definition) is 2. The Morgan fingerprint density at radius 1 is 1.30 bits per heavy atom. The van der Waals surface area contributed by atoms with Gasteiger partial charge in [0.05, 0.1) is 10.2 Å². The maximum absolute atomic E-state index is 13.5. The van der Waals surface area contributed by atoms with Crippen LogP contribution in [0.2, 0.25) is 0 Å². The van der Waals surface area contributed by atoms with Gasteiger partial charge in [-0.3, -0.25) is 0 Å². The number of carbonyl (C=O) groups is 1. The van der Waals surface area contributed by atoms with Gasteiger partial charge in [-0.15, -0.1) is 0 Å². The monoisotopic (exact) mass is 348 g/mol. The van der Waals surface area contributed by atoms with Crippen LogP contribution in [0.5, 0.6) is 0 Å². The third-order valence-electron chi connectivity index (χ3n) is 3.27. The number of nitrogens with one attached hydrogen (secondary N) is 2. The molecule has 1 aromatic carbocycles. The predicted octanol–water partition coefficient (Wildman–Crippen LogP) is 3.42. The number of halogens is 3. The third-order valence-corrected chi connectivity index (χ3v) is 3.88. The molecule has 0 bridgehead atoms. The van der Waals surface area contributed by atoms with E-state index in [0.717, 1.165) is 6.07 Å². The Kier molecular flexibility index (Phi) is 4.59. The zero-order valence-electron chi connectivity index (χ0n) is 10.9. The maximum atomic E-state index is 13.5. The van der Waals surface area contributed by atoms with Gasteiger partial charge in [0.25, 0.3) is 0 Å². The molecular weight excluding hydrogens is 334 g/mol. The highest BCUT2D eigenvalue weighted by atomic mass is 79.9. The van der Waals surface area contributed by atoms with Crippen molar-refractivity contribution in [1.29, 1.82) is 0 Å². The second-order valence-corrected chi connectivity index (χ2v) is 5.85. The van der Waals surface area contributed by atoms with Gasteiger partial charge in [0.15, 0.2) is 0 Å². The molecule has 2 N–H and O–H groups in total. The average Bonchev–Trinajstić information content (AvgIpc) is 2.36. The Hall–Kier alpha value is -1.21. The van der Waals surface area contributed by atoms with Crippen LogP contribution in [0, 0.1) is 11.6 Å². The average molecular weight is 349 g/mol. The smallest absolute Gasteiger partial charge is 0.319 e. The number of carbonyl (C=O) groups excluding carboxylic acids is 1. The predicted molar refractivity (Wildman–Crippen MR) is 74.7 cm³/mol. The molecule has 1 aromatic rings. The van der Waals surface area contributed by atoms with Gasteiger partial charge in [0.2, 0.25) is 0 Å². The van der Waals surface area contributed by atoms with Gasteiger partial charge in [0.1, 0.15) is 11.6 Å². The minimum atomic E-state index is -0.821. The van der Waals surface area contributed by atoms with Crippen molar-refractivity contribution in [3.05, 3.63) is 28.2 Å². The molecular formula is C13H15BrF2N2O2. The standard InChI is InChI=1S/C13H15BrF2N2O2/c1-13(2-4-20-5-3-13)18-12(19)17-11-6-8(14)9(15)7-10(11)16/h6-7H,2-5H2,1H3,(H2,17,18,19). The molecule has 0 unspecified atom stereocenters. The Morgan fingerprint density at radius 3 is 2.60 bits per heavy atom. The van der Waals surface area contributed by atoms with Crippen molar-refractivity contribution >= 4 is 27.6 Å². The van der Waals surface area contributed by atoms with Gasteiger partial charge in [0, 0.05) is 24.8 Å². The van der Waals surface area contributed by atoms with E-state index in [1.807, 2.05) is 6.92 Å². The molecule has 0 radical (unpaired) electrons. The fraction of sp³-hybridized carbons (Fsp3) is 0.462. The van der Waals surface area contributed by atoms with Gasteiger partial charge in [-0.25, -0.2) is 13.6 Å². The molecule has 0 aliphatic carbocycles. The van der Waals surface area contributed by atoms with Crippen molar-refractivity contribution in [2.24, 2.45) is 0 Å². The van der Waals surface area contributed by atoms with Crippen LogP contribution in [0.1, 0.15) is 19.8 Å². The van der Waals surface area contributed by atoms with Crippen LogP contribution in [0.15, 0.2) is 16.6 Å². The topological polar surface area (TPSA) is 50.4 Å². The molecule has 1 fully saturated rings. The lowest BCUT2D eigenvalue weighted by atomic mass is 9.93. The summed E-state index contributed by atoms with van der Waals surface area (Å²) in [7, 11) is 0. The molecule has 0 saturated carbocycles. The van der Waals surface area contributed by atoms with Crippen molar-refractivity contribution in [3.8, 4) is 0 Å². The third kappa shape index (κ3) is 3.67. The number of amides is 2. The first kappa shape index (κ1) is 15.2. The number of ether oxygens (including phenoxy) is 1. The van der Waals surface area contributed by atoms with Crippen LogP contribution in [0.25, 0.3) is 0 Å². The SMILES string of the molecule is CC1(NC(=O)Nc2cc(Br)c(F)cc2F)CCOCC1. The summed E-state index contributed by atoms with van der Waals surface area (Å²) >= 11 is 2.95. The molecule has 110 valence electrons. The van der Waals surface area contributed by atoms with Crippen LogP contribution < -0.4 is 10.6 Å². The fourth-order valence-corrected chi connectivity index (χ4v) is 2.34. The van der Waals surface area contributed by atoms with Crippen molar-refractivity contribution in [2.75, 3.05) is 18.5 Å². The van der Waals surface area contributed by atoms with E-state index in [0.29, 0.717) is 26.1 Å².